The maximum atomic E-state index is 14.7. The number of halogens is 1. The Labute approximate surface area is 241 Å². The molecule has 1 amide bonds. The molecule has 0 fully saturated rings. The Morgan fingerprint density at radius 3 is 2.64 bits per heavy atom. The van der Waals surface area contributed by atoms with Crippen molar-refractivity contribution in [1.29, 1.82) is 0 Å². The fraction of sp³-hybridized carbons (Fsp3) is 0.194. The molecule has 0 atom stereocenters. The van der Waals surface area contributed by atoms with Crippen molar-refractivity contribution in [2.24, 2.45) is 0 Å². The smallest absolute Gasteiger partial charge is 0.224 e. The number of carbonyl (C=O) groups excluding carboxylic acids is 1. The van der Waals surface area contributed by atoms with Crippen LogP contribution in [0.15, 0.2) is 67.0 Å². The first-order valence-electron chi connectivity index (χ1n) is 13.7. The molecule has 6 aromatic rings. The normalized spacial score (nSPS) is 11.5. The van der Waals surface area contributed by atoms with Crippen LogP contribution in [0, 0.1) is 5.82 Å². The summed E-state index contributed by atoms with van der Waals surface area (Å²) in [5.41, 5.74) is 7.71. The van der Waals surface area contributed by atoms with E-state index in [1.807, 2.05) is 56.6 Å². The SMILES string of the molecule is CCC(=O)Nc1cncc(-c2ccc3[nH]nc(-c4nc5c(-c6cc(F)cc(NCCN(C)C)c6)cccc5[nH]4)c3n2)c1. The third-order valence-electron chi connectivity index (χ3n) is 6.88. The van der Waals surface area contributed by atoms with E-state index >= 15 is 0 Å². The van der Waals surface area contributed by atoms with E-state index < -0.39 is 0 Å². The number of benzene rings is 2. The molecule has 0 aliphatic carbocycles. The van der Waals surface area contributed by atoms with Gasteiger partial charge in [-0.15, -0.1) is 0 Å². The van der Waals surface area contributed by atoms with Crippen LogP contribution in [-0.4, -0.2) is 68.1 Å². The molecular weight excluding hydrogens is 533 g/mol. The first-order valence-corrected chi connectivity index (χ1v) is 13.7. The second-order valence-electron chi connectivity index (χ2n) is 10.3. The topological polar surface area (TPSA) is 128 Å². The largest absolute Gasteiger partial charge is 0.384 e. The minimum Gasteiger partial charge on any atom is -0.384 e. The van der Waals surface area contributed by atoms with Crippen molar-refractivity contribution in [2.45, 2.75) is 13.3 Å². The molecule has 4 aromatic heterocycles. The molecule has 0 saturated heterocycles. The molecule has 0 bridgehead atoms. The van der Waals surface area contributed by atoms with Crippen LogP contribution in [0.1, 0.15) is 13.3 Å². The lowest BCUT2D eigenvalue weighted by atomic mass is 10.0. The lowest BCUT2D eigenvalue weighted by molar-refractivity contribution is -0.115. The van der Waals surface area contributed by atoms with Gasteiger partial charge in [0, 0.05) is 42.5 Å². The van der Waals surface area contributed by atoms with Gasteiger partial charge >= 0.3 is 0 Å². The summed E-state index contributed by atoms with van der Waals surface area (Å²) in [5, 5.41) is 13.7. The van der Waals surface area contributed by atoms with Gasteiger partial charge in [0.2, 0.25) is 5.91 Å². The van der Waals surface area contributed by atoms with Crippen molar-refractivity contribution in [3.63, 3.8) is 0 Å². The number of para-hydroxylation sites is 1. The average molecular weight is 564 g/mol. The van der Waals surface area contributed by atoms with Crippen LogP contribution in [0.25, 0.3) is 56.0 Å². The molecular formula is C31H30FN9O. The minimum absolute atomic E-state index is 0.0891. The number of rotatable bonds is 9. The number of amides is 1. The van der Waals surface area contributed by atoms with Gasteiger partial charge in [-0.1, -0.05) is 19.1 Å². The number of nitrogens with zero attached hydrogens (tertiary/aromatic N) is 5. The summed E-state index contributed by atoms with van der Waals surface area (Å²) in [6, 6.07) is 16.3. The summed E-state index contributed by atoms with van der Waals surface area (Å²) in [6.07, 6.45) is 3.68. The first-order chi connectivity index (χ1) is 20.4. The highest BCUT2D eigenvalue weighted by Gasteiger charge is 2.17. The molecule has 6 rings (SSSR count). The van der Waals surface area contributed by atoms with Gasteiger partial charge < -0.3 is 20.5 Å². The molecule has 212 valence electrons. The van der Waals surface area contributed by atoms with E-state index in [4.69, 9.17) is 9.97 Å². The zero-order valence-electron chi connectivity index (χ0n) is 23.5. The van der Waals surface area contributed by atoms with Crippen LogP contribution < -0.4 is 10.6 Å². The summed E-state index contributed by atoms with van der Waals surface area (Å²) in [7, 11) is 3.99. The van der Waals surface area contributed by atoms with Crippen LogP contribution in [0.4, 0.5) is 15.8 Å². The average Bonchev–Trinajstić information content (AvgIpc) is 3.60. The number of aromatic nitrogens is 6. The Morgan fingerprint density at radius 1 is 0.952 bits per heavy atom. The Kier molecular flexibility index (Phi) is 7.32. The van der Waals surface area contributed by atoms with Crippen molar-refractivity contribution in [1.82, 2.24) is 35.0 Å². The standard InChI is InChI=1S/C31H30FN9O/c1-4-27(42)35-22-14-19(16-33-17-22)24-8-9-26-29(36-24)30(40-39-26)31-37-25-7-5-6-23(28(25)38-31)18-12-20(32)15-21(13-18)34-10-11-41(2)3/h5-9,12-17,34H,4,10-11H2,1-3H3,(H,35,42)(H,37,38)(H,39,40). The van der Waals surface area contributed by atoms with Crippen molar-refractivity contribution >= 4 is 39.3 Å². The molecule has 11 heteroatoms. The van der Waals surface area contributed by atoms with Gasteiger partial charge in [0.05, 0.1) is 34.1 Å². The fourth-order valence-electron chi connectivity index (χ4n) is 4.77. The number of pyridine rings is 2. The van der Waals surface area contributed by atoms with Crippen molar-refractivity contribution in [2.75, 3.05) is 37.8 Å². The zero-order valence-corrected chi connectivity index (χ0v) is 23.5. The van der Waals surface area contributed by atoms with E-state index in [1.54, 1.807) is 19.3 Å². The minimum atomic E-state index is -0.324. The molecule has 0 aliphatic rings. The van der Waals surface area contributed by atoms with Crippen molar-refractivity contribution in [3.05, 3.63) is 72.8 Å². The number of fused-ring (bicyclic) bond motifs is 2. The monoisotopic (exact) mass is 563 g/mol. The predicted octanol–water partition coefficient (Wildman–Crippen LogP) is 5.69. The molecule has 4 N–H and O–H groups in total. The van der Waals surface area contributed by atoms with Crippen molar-refractivity contribution in [3.8, 4) is 33.9 Å². The van der Waals surface area contributed by atoms with Crippen LogP contribution in [0.2, 0.25) is 0 Å². The number of imidazole rings is 1. The van der Waals surface area contributed by atoms with Crippen LogP contribution in [0.3, 0.4) is 0 Å². The van der Waals surface area contributed by atoms with Gasteiger partial charge in [-0.05, 0) is 62.1 Å². The number of likely N-dealkylation sites (N-methyl/N-ethyl adjacent to an activating group) is 1. The molecule has 10 nitrogen and oxygen atoms in total. The van der Waals surface area contributed by atoms with Gasteiger partial charge in [0.25, 0.3) is 0 Å². The molecule has 2 aromatic carbocycles. The summed E-state index contributed by atoms with van der Waals surface area (Å²) in [5.74, 6) is 0.125. The van der Waals surface area contributed by atoms with Crippen LogP contribution >= 0.6 is 0 Å². The summed E-state index contributed by atoms with van der Waals surface area (Å²) in [6.45, 7) is 3.32. The van der Waals surface area contributed by atoms with E-state index in [9.17, 15) is 9.18 Å². The third-order valence-corrected chi connectivity index (χ3v) is 6.88. The number of H-pyrrole nitrogens is 2. The molecule has 42 heavy (non-hydrogen) atoms. The third kappa shape index (κ3) is 5.54. The van der Waals surface area contributed by atoms with E-state index in [-0.39, 0.29) is 11.7 Å². The van der Waals surface area contributed by atoms with Gasteiger partial charge in [0.15, 0.2) is 11.5 Å². The van der Waals surface area contributed by atoms with Gasteiger partial charge in [0.1, 0.15) is 11.3 Å². The lowest BCUT2D eigenvalue weighted by Crippen LogP contribution is -2.20. The molecule has 0 saturated carbocycles. The van der Waals surface area contributed by atoms with Gasteiger partial charge in [-0.3, -0.25) is 14.9 Å². The van der Waals surface area contributed by atoms with Gasteiger partial charge in [-0.25, -0.2) is 14.4 Å². The molecule has 0 radical (unpaired) electrons. The summed E-state index contributed by atoms with van der Waals surface area (Å²) < 4.78 is 14.7. The summed E-state index contributed by atoms with van der Waals surface area (Å²) >= 11 is 0. The number of hydrogen-bond donors (Lipinski definition) is 4. The number of anilines is 2. The maximum Gasteiger partial charge on any atom is 0.224 e. The predicted molar refractivity (Wildman–Crippen MR) is 164 cm³/mol. The highest BCUT2D eigenvalue weighted by Crippen LogP contribution is 2.33. The van der Waals surface area contributed by atoms with E-state index in [1.165, 1.54) is 12.1 Å². The maximum absolute atomic E-state index is 14.7. The highest BCUT2D eigenvalue weighted by atomic mass is 19.1. The van der Waals surface area contributed by atoms with Crippen LogP contribution in [0.5, 0.6) is 0 Å². The fourth-order valence-corrected chi connectivity index (χ4v) is 4.77. The Morgan fingerprint density at radius 2 is 1.81 bits per heavy atom. The van der Waals surface area contributed by atoms with E-state index in [0.717, 1.165) is 34.3 Å². The van der Waals surface area contributed by atoms with E-state index in [2.05, 4.69) is 35.7 Å². The number of carbonyl (C=O) groups is 1. The Hall–Kier alpha value is -5.16. The number of aromatic amines is 2. The lowest BCUT2D eigenvalue weighted by Gasteiger charge is -2.13. The number of nitrogens with one attached hydrogen (secondary N) is 4. The highest BCUT2D eigenvalue weighted by molar-refractivity contribution is 5.97. The first kappa shape index (κ1) is 27.0. The molecule has 0 spiro atoms. The van der Waals surface area contributed by atoms with E-state index in [0.29, 0.717) is 52.6 Å². The van der Waals surface area contributed by atoms with Crippen molar-refractivity contribution < 1.29 is 9.18 Å². The molecule has 0 unspecified atom stereocenters. The quantitative estimate of drug-likeness (QED) is 0.178. The second kappa shape index (κ2) is 11.4. The second-order valence-corrected chi connectivity index (χ2v) is 10.3. The van der Waals surface area contributed by atoms with Crippen LogP contribution in [-0.2, 0) is 4.79 Å². The molecule has 4 heterocycles. The zero-order chi connectivity index (χ0) is 29.2. The Bertz CT molecular complexity index is 1910. The molecule has 0 aliphatic heterocycles. The van der Waals surface area contributed by atoms with Gasteiger partial charge in [-0.2, -0.15) is 5.10 Å². The number of hydrogen-bond acceptors (Lipinski definition) is 7. The Balaban J connectivity index is 1.36. The summed E-state index contributed by atoms with van der Waals surface area (Å²) in [4.78, 5) is 31.3.